The van der Waals surface area contributed by atoms with E-state index in [1.54, 1.807) is 61.7 Å². The van der Waals surface area contributed by atoms with Gasteiger partial charge in [-0.3, -0.25) is 9.59 Å². The van der Waals surface area contributed by atoms with Crippen LogP contribution in [0, 0.1) is 0 Å². The zero-order valence-electron chi connectivity index (χ0n) is 17.1. The lowest BCUT2D eigenvalue weighted by atomic mass is 10.1. The zero-order chi connectivity index (χ0) is 23.1. The average molecular weight is 452 g/mol. The number of carbonyl (C=O) groups is 2. The third kappa shape index (κ3) is 6.03. The highest BCUT2D eigenvalue weighted by atomic mass is 32.2. The smallest absolute Gasteiger partial charge is 0.272 e. The van der Waals surface area contributed by atoms with Gasteiger partial charge in [0.15, 0.2) is 0 Å². The van der Waals surface area contributed by atoms with Crippen LogP contribution >= 0.6 is 0 Å². The number of ether oxygens (including phenoxy) is 1. The van der Waals surface area contributed by atoms with Gasteiger partial charge in [-0.1, -0.05) is 30.3 Å². The van der Waals surface area contributed by atoms with Gasteiger partial charge in [-0.25, -0.2) is 13.6 Å². The van der Waals surface area contributed by atoms with Crippen molar-refractivity contribution in [1.29, 1.82) is 0 Å². The average Bonchev–Trinajstić information content (AvgIpc) is 2.79. The third-order valence-corrected chi connectivity index (χ3v) is 5.33. The molecule has 0 unspecified atom stereocenters. The molecule has 164 valence electrons. The van der Waals surface area contributed by atoms with Crippen LogP contribution in [0.1, 0.15) is 15.9 Å². The molecule has 8 nitrogen and oxygen atoms in total. The van der Waals surface area contributed by atoms with Crippen LogP contribution in [-0.2, 0) is 14.8 Å². The molecular formula is C23H21N3O5S. The lowest BCUT2D eigenvalue weighted by Crippen LogP contribution is -2.30. The van der Waals surface area contributed by atoms with E-state index in [4.69, 9.17) is 9.88 Å². The van der Waals surface area contributed by atoms with E-state index in [1.165, 1.54) is 30.3 Å². The summed E-state index contributed by atoms with van der Waals surface area (Å²) in [4.78, 5) is 25.5. The van der Waals surface area contributed by atoms with E-state index in [0.29, 0.717) is 22.6 Å². The summed E-state index contributed by atoms with van der Waals surface area (Å²) in [5.74, 6) is -0.394. The first-order valence-electron chi connectivity index (χ1n) is 9.42. The Hall–Kier alpha value is -3.95. The number of anilines is 1. The minimum Gasteiger partial charge on any atom is -0.497 e. The van der Waals surface area contributed by atoms with Gasteiger partial charge in [-0.15, -0.1) is 0 Å². The van der Waals surface area contributed by atoms with E-state index >= 15 is 0 Å². The van der Waals surface area contributed by atoms with Crippen LogP contribution < -0.4 is 20.5 Å². The lowest BCUT2D eigenvalue weighted by molar-refractivity contribution is -0.113. The highest BCUT2D eigenvalue weighted by molar-refractivity contribution is 7.89. The van der Waals surface area contributed by atoms with Gasteiger partial charge in [0, 0.05) is 11.3 Å². The molecule has 0 saturated heterocycles. The van der Waals surface area contributed by atoms with Crippen LogP contribution in [0.25, 0.3) is 6.08 Å². The van der Waals surface area contributed by atoms with Crippen LogP contribution in [0.15, 0.2) is 89.5 Å². The molecule has 0 aliphatic heterocycles. The van der Waals surface area contributed by atoms with E-state index < -0.39 is 21.8 Å². The molecule has 3 aromatic carbocycles. The van der Waals surface area contributed by atoms with Gasteiger partial charge in [0.2, 0.25) is 10.0 Å². The van der Waals surface area contributed by atoms with Crippen LogP contribution in [-0.4, -0.2) is 27.3 Å². The summed E-state index contributed by atoms with van der Waals surface area (Å²) in [5, 5.41) is 10.4. The predicted molar refractivity (Wildman–Crippen MR) is 121 cm³/mol. The largest absolute Gasteiger partial charge is 0.497 e. The van der Waals surface area contributed by atoms with Gasteiger partial charge < -0.3 is 15.4 Å². The fraction of sp³-hybridized carbons (Fsp3) is 0.0435. The molecule has 0 spiro atoms. The summed E-state index contributed by atoms with van der Waals surface area (Å²) < 4.78 is 27.9. The molecule has 0 heterocycles. The van der Waals surface area contributed by atoms with Gasteiger partial charge in [-0.05, 0) is 60.2 Å². The first-order valence-corrected chi connectivity index (χ1v) is 11.0. The van der Waals surface area contributed by atoms with Gasteiger partial charge >= 0.3 is 0 Å². The second-order valence-electron chi connectivity index (χ2n) is 6.67. The number of sulfonamides is 1. The van der Waals surface area contributed by atoms with Gasteiger partial charge in [0.05, 0.1) is 12.0 Å². The van der Waals surface area contributed by atoms with Crippen molar-refractivity contribution in [2.24, 2.45) is 5.14 Å². The number of methoxy groups -OCH3 is 1. The van der Waals surface area contributed by atoms with Crippen LogP contribution in [0.4, 0.5) is 5.69 Å². The quantitative estimate of drug-likeness (QED) is 0.476. The molecule has 0 aliphatic rings. The molecule has 9 heteroatoms. The summed E-state index contributed by atoms with van der Waals surface area (Å²) in [7, 11) is -2.30. The molecule has 0 aromatic heterocycles. The molecule has 0 atom stereocenters. The van der Waals surface area contributed by atoms with E-state index in [9.17, 15) is 18.0 Å². The maximum Gasteiger partial charge on any atom is 0.272 e. The summed E-state index contributed by atoms with van der Waals surface area (Å²) in [6.07, 6.45) is 1.52. The van der Waals surface area contributed by atoms with Crippen LogP contribution in [0.5, 0.6) is 5.75 Å². The maximum absolute atomic E-state index is 12.9. The van der Waals surface area contributed by atoms with Gasteiger partial charge in [-0.2, -0.15) is 0 Å². The van der Waals surface area contributed by atoms with E-state index in [1.807, 2.05) is 0 Å². The molecule has 0 saturated carbocycles. The van der Waals surface area contributed by atoms with E-state index in [0.717, 1.165) is 0 Å². The highest BCUT2D eigenvalue weighted by Crippen LogP contribution is 2.16. The topological polar surface area (TPSA) is 128 Å². The summed E-state index contributed by atoms with van der Waals surface area (Å²) in [6, 6.07) is 20.8. The van der Waals surface area contributed by atoms with Crippen molar-refractivity contribution in [3.63, 3.8) is 0 Å². The molecule has 0 radical (unpaired) electrons. The summed E-state index contributed by atoms with van der Waals surface area (Å²) in [6.45, 7) is 0. The Bertz CT molecular complexity index is 1240. The second-order valence-corrected chi connectivity index (χ2v) is 8.24. The number of benzene rings is 3. The van der Waals surface area contributed by atoms with Crippen molar-refractivity contribution >= 4 is 33.6 Å². The lowest BCUT2D eigenvalue weighted by Gasteiger charge is -2.12. The molecule has 0 bridgehead atoms. The SMILES string of the molecule is COc1ccc(/C=C(/NC(=O)c2ccccc2)C(=O)Nc2ccc(S(N)(=O)=O)cc2)cc1. The Kier molecular flexibility index (Phi) is 7.04. The molecule has 0 aliphatic carbocycles. The minimum absolute atomic E-state index is 0.000423. The van der Waals surface area contributed by atoms with E-state index in [2.05, 4.69) is 10.6 Å². The fourth-order valence-corrected chi connectivity index (χ4v) is 3.25. The number of carbonyl (C=O) groups excluding carboxylic acids is 2. The molecule has 4 N–H and O–H groups in total. The maximum atomic E-state index is 12.9. The Morgan fingerprint density at radius 2 is 1.53 bits per heavy atom. The van der Waals surface area contributed by atoms with Crippen molar-refractivity contribution in [3.8, 4) is 5.75 Å². The Labute approximate surface area is 185 Å². The number of hydrogen-bond acceptors (Lipinski definition) is 5. The third-order valence-electron chi connectivity index (χ3n) is 4.40. The molecule has 2 amide bonds. The Morgan fingerprint density at radius 1 is 0.906 bits per heavy atom. The van der Waals surface area contributed by atoms with Crippen molar-refractivity contribution in [1.82, 2.24) is 5.32 Å². The number of nitrogens with one attached hydrogen (secondary N) is 2. The van der Waals surface area contributed by atoms with Crippen molar-refractivity contribution < 1.29 is 22.7 Å². The van der Waals surface area contributed by atoms with Crippen LogP contribution in [0.3, 0.4) is 0 Å². The van der Waals surface area contributed by atoms with Gasteiger partial charge in [0.1, 0.15) is 11.4 Å². The number of primary sulfonamides is 1. The Balaban J connectivity index is 1.87. The normalized spacial score (nSPS) is 11.5. The van der Waals surface area contributed by atoms with Gasteiger partial charge in [0.25, 0.3) is 11.8 Å². The highest BCUT2D eigenvalue weighted by Gasteiger charge is 2.16. The number of nitrogens with two attached hydrogens (primary N) is 1. The molecule has 3 rings (SSSR count). The van der Waals surface area contributed by atoms with E-state index in [-0.39, 0.29) is 10.6 Å². The van der Waals surface area contributed by atoms with Crippen molar-refractivity contribution in [2.45, 2.75) is 4.90 Å². The summed E-state index contributed by atoms with van der Waals surface area (Å²) in [5.41, 5.74) is 1.38. The number of amides is 2. The second kappa shape index (κ2) is 9.90. The summed E-state index contributed by atoms with van der Waals surface area (Å²) >= 11 is 0. The molecular weight excluding hydrogens is 430 g/mol. The monoisotopic (exact) mass is 451 g/mol. The van der Waals surface area contributed by atoms with Crippen LogP contribution in [0.2, 0.25) is 0 Å². The number of hydrogen-bond donors (Lipinski definition) is 3. The first kappa shape index (κ1) is 22.7. The number of rotatable bonds is 7. The van der Waals surface area contributed by atoms with Crippen molar-refractivity contribution in [2.75, 3.05) is 12.4 Å². The minimum atomic E-state index is -3.85. The van der Waals surface area contributed by atoms with Crippen molar-refractivity contribution in [3.05, 3.63) is 95.7 Å². The molecule has 0 fully saturated rings. The fourth-order valence-electron chi connectivity index (χ4n) is 2.74. The predicted octanol–water partition coefficient (Wildman–Crippen LogP) is 2.75. The standard InChI is InChI=1S/C23H21N3O5S/c1-31-19-11-7-16(8-12-19)15-21(26-22(27)17-5-3-2-4-6-17)23(28)25-18-9-13-20(14-10-18)32(24,29)30/h2-15H,1H3,(H,25,28)(H,26,27)(H2,24,29,30)/b21-15+. The zero-order valence-corrected chi connectivity index (χ0v) is 17.9. The first-order chi connectivity index (χ1) is 15.3. The molecule has 3 aromatic rings. The Morgan fingerprint density at radius 3 is 2.09 bits per heavy atom. The molecule has 32 heavy (non-hydrogen) atoms.